The van der Waals surface area contributed by atoms with Gasteiger partial charge in [0.1, 0.15) is 12.4 Å². The van der Waals surface area contributed by atoms with Gasteiger partial charge in [-0.15, -0.1) is 0 Å². The van der Waals surface area contributed by atoms with Gasteiger partial charge in [0.2, 0.25) is 6.41 Å². The number of fused-ring (bicyclic) bond motifs is 1. The number of hydrogen-bond donors (Lipinski definition) is 1. The Balaban J connectivity index is 2.63. The molecule has 1 amide bonds. The predicted octanol–water partition coefficient (Wildman–Crippen LogP) is 3.56. The minimum absolute atomic E-state index is 0.147. The van der Waals surface area contributed by atoms with Crippen LogP contribution in [0, 0.1) is 5.82 Å². The molecular formula is C22H32FN5O2. The highest BCUT2D eigenvalue weighted by Crippen LogP contribution is 2.33. The second-order valence-electron chi connectivity index (χ2n) is 7.31. The lowest BCUT2D eigenvalue weighted by atomic mass is 9.98. The van der Waals surface area contributed by atoms with Crippen molar-refractivity contribution in [2.24, 2.45) is 5.10 Å². The van der Waals surface area contributed by atoms with Gasteiger partial charge in [-0.2, -0.15) is 5.10 Å². The maximum atomic E-state index is 15.0. The minimum Gasteiger partial charge on any atom is -0.388 e. The van der Waals surface area contributed by atoms with E-state index < -0.39 is 12.4 Å². The number of anilines is 2. The average molecular weight is 418 g/mol. The van der Waals surface area contributed by atoms with Crippen molar-refractivity contribution in [3.05, 3.63) is 29.6 Å². The van der Waals surface area contributed by atoms with E-state index in [0.717, 1.165) is 29.9 Å². The van der Waals surface area contributed by atoms with Crippen LogP contribution in [0.4, 0.5) is 15.9 Å². The molecule has 1 heterocycles. The van der Waals surface area contributed by atoms with E-state index in [1.54, 1.807) is 20.0 Å². The van der Waals surface area contributed by atoms with Crippen molar-refractivity contribution in [2.45, 2.75) is 40.5 Å². The summed E-state index contributed by atoms with van der Waals surface area (Å²) in [5.41, 5.74) is 1.91. The Morgan fingerprint density at radius 1 is 1.20 bits per heavy atom. The number of benzene rings is 1. The smallest absolute Gasteiger partial charge is 0.215 e. The monoisotopic (exact) mass is 417 g/mol. The molecule has 1 N–H and O–H groups in total. The van der Waals surface area contributed by atoms with E-state index in [2.05, 4.69) is 43.8 Å². The van der Waals surface area contributed by atoms with Gasteiger partial charge in [-0.25, -0.2) is 9.37 Å². The summed E-state index contributed by atoms with van der Waals surface area (Å²) in [4.78, 5) is 19.3. The molecule has 0 unspecified atom stereocenters. The number of hydrazone groups is 1. The lowest BCUT2D eigenvalue weighted by molar-refractivity contribution is -0.114. The Bertz CT molecular complexity index is 912. The van der Waals surface area contributed by atoms with Gasteiger partial charge in [-0.1, -0.05) is 13.8 Å². The molecule has 1 aromatic heterocycles. The fourth-order valence-corrected chi connectivity index (χ4v) is 3.41. The Morgan fingerprint density at radius 3 is 2.37 bits per heavy atom. The number of carbonyl (C=O) groups excluding carboxylic acids is 1. The van der Waals surface area contributed by atoms with Gasteiger partial charge in [0.25, 0.3) is 0 Å². The van der Waals surface area contributed by atoms with E-state index >= 15 is 4.39 Å². The van der Waals surface area contributed by atoms with Crippen LogP contribution in [0.15, 0.2) is 23.3 Å². The summed E-state index contributed by atoms with van der Waals surface area (Å²) >= 11 is 0. The fraction of sp³-hybridized carbons (Fsp3) is 0.500. The molecule has 0 bridgehead atoms. The molecular weight excluding hydrogens is 385 g/mol. The molecule has 7 nitrogen and oxygen atoms in total. The minimum atomic E-state index is -0.473. The van der Waals surface area contributed by atoms with Gasteiger partial charge in [0.15, 0.2) is 11.7 Å². The first-order valence-corrected chi connectivity index (χ1v) is 10.3. The van der Waals surface area contributed by atoms with Crippen molar-refractivity contribution in [2.75, 3.05) is 43.2 Å². The van der Waals surface area contributed by atoms with E-state index in [1.807, 2.05) is 0 Å². The van der Waals surface area contributed by atoms with Crippen molar-refractivity contribution in [3.8, 4) is 0 Å². The van der Waals surface area contributed by atoms with E-state index in [-0.39, 0.29) is 17.4 Å². The first-order chi connectivity index (χ1) is 14.3. The zero-order valence-corrected chi connectivity index (χ0v) is 18.7. The first kappa shape index (κ1) is 23.5. The molecule has 0 atom stereocenters. The van der Waals surface area contributed by atoms with Crippen LogP contribution in [-0.4, -0.2) is 60.5 Å². The molecule has 0 radical (unpaired) electrons. The van der Waals surface area contributed by atoms with Crippen LogP contribution in [0.3, 0.4) is 0 Å². The van der Waals surface area contributed by atoms with Crippen molar-refractivity contribution >= 4 is 34.7 Å². The third kappa shape index (κ3) is 4.87. The summed E-state index contributed by atoms with van der Waals surface area (Å²) in [6.45, 7) is 11.7. The number of amides is 1. The summed E-state index contributed by atoms with van der Waals surface area (Å²) in [6, 6.07) is 5.22. The lowest BCUT2D eigenvalue weighted by Gasteiger charge is -2.24. The standard InChI is InChI=1S/C22H32FN5O2/c1-7-27(8-2)21-11-16(15(4)5)17-10-20(18(23)12-19(17)24-21)26(6)25-22(13-29)28(9-3)14-30/h10-12,14-15,29H,7-9,13H2,1-6H3/b25-22-. The van der Waals surface area contributed by atoms with E-state index in [0.29, 0.717) is 18.5 Å². The highest BCUT2D eigenvalue weighted by atomic mass is 19.1. The molecule has 0 aliphatic rings. The average Bonchev–Trinajstić information content (AvgIpc) is 2.73. The summed E-state index contributed by atoms with van der Waals surface area (Å²) < 4.78 is 15.0. The van der Waals surface area contributed by atoms with Crippen LogP contribution >= 0.6 is 0 Å². The molecule has 0 aliphatic heterocycles. The Labute approximate surface area is 177 Å². The normalized spacial score (nSPS) is 11.8. The molecule has 2 rings (SSSR count). The quantitative estimate of drug-likeness (QED) is 0.292. The number of likely N-dealkylation sites (N-methyl/N-ethyl adjacent to an activating group) is 1. The molecule has 0 saturated heterocycles. The molecule has 164 valence electrons. The van der Waals surface area contributed by atoms with E-state index in [9.17, 15) is 9.90 Å². The second kappa shape index (κ2) is 10.3. The topological polar surface area (TPSA) is 72.3 Å². The van der Waals surface area contributed by atoms with Crippen molar-refractivity contribution < 1.29 is 14.3 Å². The van der Waals surface area contributed by atoms with Crippen LogP contribution in [0.2, 0.25) is 0 Å². The van der Waals surface area contributed by atoms with Crippen LogP contribution in [0.5, 0.6) is 0 Å². The lowest BCUT2D eigenvalue weighted by Crippen LogP contribution is -2.34. The fourth-order valence-electron chi connectivity index (χ4n) is 3.41. The van der Waals surface area contributed by atoms with Crippen LogP contribution in [0.1, 0.15) is 46.1 Å². The Hall–Kier alpha value is -2.74. The number of amidine groups is 1. The van der Waals surface area contributed by atoms with Gasteiger partial charge in [0.05, 0.1) is 11.2 Å². The van der Waals surface area contributed by atoms with Gasteiger partial charge in [-0.3, -0.25) is 14.7 Å². The molecule has 0 aliphatic carbocycles. The predicted molar refractivity (Wildman–Crippen MR) is 121 cm³/mol. The molecule has 8 heteroatoms. The van der Waals surface area contributed by atoms with Gasteiger partial charge >= 0.3 is 0 Å². The van der Waals surface area contributed by atoms with Gasteiger partial charge in [0, 0.05) is 38.1 Å². The summed E-state index contributed by atoms with van der Waals surface area (Å²) in [5.74, 6) is 0.727. The molecule has 0 fully saturated rings. The number of pyridine rings is 1. The largest absolute Gasteiger partial charge is 0.388 e. The molecule has 30 heavy (non-hydrogen) atoms. The maximum Gasteiger partial charge on any atom is 0.215 e. The number of carbonyl (C=O) groups is 1. The second-order valence-corrected chi connectivity index (χ2v) is 7.31. The summed E-state index contributed by atoms with van der Waals surface area (Å²) in [5, 5.41) is 16.0. The van der Waals surface area contributed by atoms with Crippen LogP contribution < -0.4 is 9.91 Å². The van der Waals surface area contributed by atoms with Gasteiger partial charge in [-0.05, 0) is 44.4 Å². The number of halogens is 1. The molecule has 0 saturated carbocycles. The Morgan fingerprint density at radius 2 is 1.87 bits per heavy atom. The third-order valence-corrected chi connectivity index (χ3v) is 5.16. The van der Waals surface area contributed by atoms with Crippen LogP contribution in [0.25, 0.3) is 10.9 Å². The number of hydrogen-bond acceptors (Lipinski definition) is 6. The van der Waals surface area contributed by atoms with Crippen LogP contribution in [-0.2, 0) is 4.79 Å². The maximum absolute atomic E-state index is 15.0. The highest BCUT2D eigenvalue weighted by molar-refractivity contribution is 5.92. The van der Waals surface area contributed by atoms with E-state index in [1.165, 1.54) is 16.0 Å². The third-order valence-electron chi connectivity index (χ3n) is 5.16. The Kier molecular flexibility index (Phi) is 8.11. The van der Waals surface area contributed by atoms with Crippen molar-refractivity contribution in [1.82, 2.24) is 9.88 Å². The number of aromatic nitrogens is 1. The zero-order valence-electron chi connectivity index (χ0n) is 18.7. The summed E-state index contributed by atoms with van der Waals surface area (Å²) in [7, 11) is 1.59. The number of aliphatic hydroxyl groups is 1. The van der Waals surface area contributed by atoms with E-state index in [4.69, 9.17) is 4.98 Å². The number of nitrogens with zero attached hydrogens (tertiary/aromatic N) is 5. The van der Waals surface area contributed by atoms with Crippen molar-refractivity contribution in [1.29, 1.82) is 0 Å². The van der Waals surface area contributed by atoms with Crippen molar-refractivity contribution in [3.63, 3.8) is 0 Å². The highest BCUT2D eigenvalue weighted by Gasteiger charge is 2.18. The molecule has 0 spiro atoms. The summed E-state index contributed by atoms with van der Waals surface area (Å²) in [6.07, 6.45) is 0.592. The van der Waals surface area contributed by atoms with Gasteiger partial charge < -0.3 is 10.0 Å². The SMILES string of the molecule is CCN(C=O)/C(CO)=N\N(C)c1cc2c(C(C)C)cc(N(CC)CC)nc2cc1F. The zero-order chi connectivity index (χ0) is 22.4. The first-order valence-electron chi connectivity index (χ1n) is 10.3. The number of aliphatic hydroxyl groups excluding tert-OH is 1. The molecule has 2 aromatic rings. The molecule has 1 aromatic carbocycles. The number of rotatable bonds is 9.